The summed E-state index contributed by atoms with van der Waals surface area (Å²) in [7, 11) is -2.38. The Kier molecular flexibility index (Phi) is 8.44. The first-order valence-electron chi connectivity index (χ1n) is 11.6. The van der Waals surface area contributed by atoms with Crippen LogP contribution < -0.4 is 14.2 Å². The van der Waals surface area contributed by atoms with Crippen LogP contribution in [0.3, 0.4) is 0 Å². The monoisotopic (exact) mass is 541 g/mol. The zero-order valence-electron chi connectivity index (χ0n) is 19.5. The molecule has 0 aliphatic carbocycles. The number of piperidine rings is 2. The molecular weight excluding hydrogens is 513 g/mol. The number of hydrogen-bond acceptors (Lipinski definition) is 6. The molecule has 0 radical (unpaired) electrons. The van der Waals surface area contributed by atoms with Gasteiger partial charge in [-0.05, 0) is 62.1 Å². The minimum absolute atomic E-state index is 0.108. The molecule has 8 nitrogen and oxygen atoms in total. The van der Waals surface area contributed by atoms with Crippen molar-refractivity contribution in [3.05, 3.63) is 58.1 Å². The molecule has 0 saturated carbocycles. The Morgan fingerprint density at radius 1 is 0.914 bits per heavy atom. The van der Waals surface area contributed by atoms with Gasteiger partial charge in [0.1, 0.15) is 17.6 Å². The fourth-order valence-electron chi connectivity index (χ4n) is 4.53. The molecule has 190 valence electrons. The van der Waals surface area contributed by atoms with E-state index in [0.717, 1.165) is 38.8 Å². The Morgan fingerprint density at radius 3 is 2.14 bits per heavy atom. The number of hydrogen-bond donors (Lipinski definition) is 1. The average molecular weight is 542 g/mol. The van der Waals surface area contributed by atoms with Crippen molar-refractivity contribution < 1.29 is 22.7 Å². The van der Waals surface area contributed by atoms with Crippen molar-refractivity contribution >= 4 is 39.3 Å². The van der Waals surface area contributed by atoms with Crippen molar-refractivity contribution in [1.29, 1.82) is 0 Å². The lowest BCUT2D eigenvalue weighted by Crippen LogP contribution is -2.52. The topological polar surface area (TPSA) is 88.2 Å². The molecule has 2 heterocycles. The largest absolute Gasteiger partial charge is 0.497 e. The summed E-state index contributed by atoms with van der Waals surface area (Å²) in [6.45, 7) is 2.51. The summed E-state index contributed by atoms with van der Waals surface area (Å²) in [5, 5.41) is 0.978. The number of methoxy groups -OCH3 is 1. The molecule has 2 saturated heterocycles. The van der Waals surface area contributed by atoms with Crippen LogP contribution in [0.2, 0.25) is 10.0 Å². The number of ether oxygens (including phenoxy) is 2. The molecule has 1 N–H and O–H groups in total. The molecule has 2 aromatic rings. The Hall–Kier alpha value is -2.04. The minimum Gasteiger partial charge on any atom is -0.497 e. The number of carbonyl (C=O) groups excluding carboxylic acids is 1. The molecule has 2 fully saturated rings. The van der Waals surface area contributed by atoms with E-state index >= 15 is 0 Å². The number of benzene rings is 2. The van der Waals surface area contributed by atoms with Crippen LogP contribution in [0.25, 0.3) is 0 Å². The van der Waals surface area contributed by atoms with E-state index < -0.39 is 16.1 Å². The molecule has 4 rings (SSSR count). The van der Waals surface area contributed by atoms with Crippen LogP contribution in [0.4, 0.5) is 0 Å². The predicted molar refractivity (Wildman–Crippen MR) is 136 cm³/mol. The van der Waals surface area contributed by atoms with Crippen molar-refractivity contribution in [2.24, 2.45) is 0 Å². The summed E-state index contributed by atoms with van der Waals surface area (Å²) >= 11 is 12.0. The molecule has 2 aliphatic heterocycles. The van der Waals surface area contributed by atoms with Crippen LogP contribution in [-0.2, 0) is 10.2 Å². The van der Waals surface area contributed by atoms with Gasteiger partial charge in [-0.25, -0.2) is 4.72 Å². The normalized spacial score (nSPS) is 18.8. The molecule has 0 unspecified atom stereocenters. The van der Waals surface area contributed by atoms with Gasteiger partial charge in [0, 0.05) is 43.9 Å². The summed E-state index contributed by atoms with van der Waals surface area (Å²) in [6, 6.07) is 11.9. The zero-order valence-corrected chi connectivity index (χ0v) is 21.8. The third-order valence-electron chi connectivity index (χ3n) is 6.52. The maximum Gasteiger partial charge on any atom is 0.304 e. The predicted octanol–water partition coefficient (Wildman–Crippen LogP) is 3.98. The van der Waals surface area contributed by atoms with Gasteiger partial charge < -0.3 is 14.4 Å². The van der Waals surface area contributed by atoms with E-state index in [0.29, 0.717) is 40.7 Å². The molecule has 2 aliphatic rings. The van der Waals surface area contributed by atoms with Crippen molar-refractivity contribution in [3.63, 3.8) is 0 Å². The first kappa shape index (κ1) is 26.0. The molecule has 11 heteroatoms. The lowest BCUT2D eigenvalue weighted by Gasteiger charge is -2.41. The smallest absolute Gasteiger partial charge is 0.304 e. The molecule has 2 aromatic carbocycles. The van der Waals surface area contributed by atoms with Crippen LogP contribution in [-0.4, -0.2) is 69.0 Å². The van der Waals surface area contributed by atoms with Crippen LogP contribution in [0.1, 0.15) is 36.0 Å². The number of amides is 1. The second-order valence-corrected chi connectivity index (χ2v) is 11.2. The van der Waals surface area contributed by atoms with Crippen LogP contribution in [0.15, 0.2) is 42.5 Å². The molecular formula is C24H29Cl2N3O5S. The SMILES string of the molecule is COc1ccc(C(=O)NS(=O)(=O)N2CCC(N3CCC(Oc4ccc(Cl)c(Cl)c4)CC3)CC2)cc1. The van der Waals surface area contributed by atoms with E-state index in [4.69, 9.17) is 32.7 Å². The van der Waals surface area contributed by atoms with E-state index in [-0.39, 0.29) is 11.7 Å². The fourth-order valence-corrected chi connectivity index (χ4v) is 5.99. The Bertz CT molecular complexity index is 1130. The van der Waals surface area contributed by atoms with Crippen LogP contribution in [0, 0.1) is 0 Å². The first-order chi connectivity index (χ1) is 16.7. The van der Waals surface area contributed by atoms with Crippen LogP contribution >= 0.6 is 23.2 Å². The third-order valence-corrected chi connectivity index (χ3v) is 8.75. The van der Waals surface area contributed by atoms with Gasteiger partial charge >= 0.3 is 10.2 Å². The Morgan fingerprint density at radius 2 is 1.54 bits per heavy atom. The van der Waals surface area contributed by atoms with Crippen molar-refractivity contribution in [2.45, 2.75) is 37.8 Å². The molecule has 0 bridgehead atoms. The van der Waals surface area contributed by atoms with Gasteiger partial charge in [-0.15, -0.1) is 0 Å². The summed E-state index contributed by atoms with van der Waals surface area (Å²) in [4.78, 5) is 14.8. The molecule has 35 heavy (non-hydrogen) atoms. The van der Waals surface area contributed by atoms with E-state index in [2.05, 4.69) is 9.62 Å². The van der Waals surface area contributed by atoms with Crippen LogP contribution in [0.5, 0.6) is 11.5 Å². The van der Waals surface area contributed by atoms with Gasteiger partial charge in [0.05, 0.1) is 17.2 Å². The second-order valence-electron chi connectivity index (χ2n) is 8.72. The quantitative estimate of drug-likeness (QED) is 0.570. The van der Waals surface area contributed by atoms with Crippen molar-refractivity contribution in [1.82, 2.24) is 13.9 Å². The van der Waals surface area contributed by atoms with E-state index in [1.54, 1.807) is 24.3 Å². The summed E-state index contributed by atoms with van der Waals surface area (Å²) in [5.41, 5.74) is 0.259. The molecule has 1 amide bonds. The van der Waals surface area contributed by atoms with Gasteiger partial charge in [0.2, 0.25) is 0 Å². The van der Waals surface area contributed by atoms with Crippen molar-refractivity contribution in [2.75, 3.05) is 33.3 Å². The highest BCUT2D eigenvalue weighted by molar-refractivity contribution is 7.87. The number of carbonyl (C=O) groups is 1. The standard InChI is InChI=1S/C24H29Cl2N3O5S/c1-33-19-4-2-17(3-5-19)24(30)27-35(31,32)29-14-8-18(9-15-29)28-12-10-20(11-13-28)34-21-6-7-22(25)23(26)16-21/h2-7,16,18,20H,8-15H2,1H3,(H,27,30). The molecule has 0 spiro atoms. The third kappa shape index (κ3) is 6.59. The lowest BCUT2D eigenvalue weighted by atomic mass is 10.00. The number of rotatable bonds is 7. The van der Waals surface area contributed by atoms with Gasteiger partial charge in [-0.2, -0.15) is 12.7 Å². The van der Waals surface area contributed by atoms with Gasteiger partial charge in [-0.3, -0.25) is 4.79 Å². The second kappa shape index (κ2) is 11.3. The number of halogens is 2. The minimum atomic E-state index is -3.91. The molecule has 0 atom stereocenters. The Labute approximate surface area is 216 Å². The summed E-state index contributed by atoms with van der Waals surface area (Å²) in [6.07, 6.45) is 3.32. The van der Waals surface area contributed by atoms with E-state index in [1.165, 1.54) is 23.5 Å². The van der Waals surface area contributed by atoms with Gasteiger partial charge in [-0.1, -0.05) is 23.2 Å². The summed E-state index contributed by atoms with van der Waals surface area (Å²) in [5.74, 6) is 0.656. The lowest BCUT2D eigenvalue weighted by molar-refractivity contribution is 0.0584. The zero-order chi connectivity index (χ0) is 25.0. The fraction of sp³-hybridized carbons (Fsp3) is 0.458. The maximum absolute atomic E-state index is 12.8. The van der Waals surface area contributed by atoms with E-state index in [1.807, 2.05) is 6.07 Å². The number of likely N-dealkylation sites (tertiary alicyclic amines) is 1. The molecule has 0 aromatic heterocycles. The highest BCUT2D eigenvalue weighted by atomic mass is 35.5. The van der Waals surface area contributed by atoms with Gasteiger partial charge in [0.25, 0.3) is 5.91 Å². The van der Waals surface area contributed by atoms with E-state index in [9.17, 15) is 13.2 Å². The average Bonchev–Trinajstić information content (AvgIpc) is 2.86. The number of nitrogens with one attached hydrogen (secondary N) is 1. The first-order valence-corrected chi connectivity index (χ1v) is 13.8. The number of nitrogens with zero attached hydrogens (tertiary/aromatic N) is 2. The highest BCUT2D eigenvalue weighted by Gasteiger charge is 2.33. The van der Waals surface area contributed by atoms with Gasteiger partial charge in [0.15, 0.2) is 0 Å². The Balaban J connectivity index is 1.23. The van der Waals surface area contributed by atoms with Crippen molar-refractivity contribution in [3.8, 4) is 11.5 Å². The highest BCUT2D eigenvalue weighted by Crippen LogP contribution is 2.29. The maximum atomic E-state index is 12.8. The summed E-state index contributed by atoms with van der Waals surface area (Å²) < 4.78 is 40.2.